The molecule has 4 rings (SSSR count). The number of carbonyl (C=O) groups excluding carboxylic acids is 1. The Kier molecular flexibility index (Phi) is 5.76. The predicted octanol–water partition coefficient (Wildman–Crippen LogP) is 2.80. The van der Waals surface area contributed by atoms with Crippen molar-refractivity contribution < 1.29 is 9.53 Å². The molecule has 3 aliphatic heterocycles. The highest BCUT2D eigenvalue weighted by Gasteiger charge is 2.27. The first-order chi connectivity index (χ1) is 14.2. The monoisotopic (exact) mass is 394 g/mol. The van der Waals surface area contributed by atoms with Crippen molar-refractivity contribution in [2.45, 2.75) is 32.2 Å². The lowest BCUT2D eigenvalue weighted by molar-refractivity contribution is 0.0761. The maximum absolute atomic E-state index is 13.4. The Morgan fingerprint density at radius 3 is 2.48 bits per heavy atom. The molecule has 3 aliphatic rings. The molecule has 1 amide bonds. The van der Waals surface area contributed by atoms with Gasteiger partial charge in [0.25, 0.3) is 11.5 Å². The number of rotatable bonds is 5. The van der Waals surface area contributed by atoms with Crippen LogP contribution in [0.4, 0.5) is 0 Å². The lowest BCUT2D eigenvalue weighted by Gasteiger charge is -2.22. The van der Waals surface area contributed by atoms with E-state index < -0.39 is 0 Å². The molecule has 0 N–H and O–H groups in total. The zero-order valence-electron chi connectivity index (χ0n) is 16.7. The Balaban J connectivity index is 1.82. The highest BCUT2D eigenvalue weighted by Crippen LogP contribution is 2.24. The van der Waals surface area contributed by atoms with E-state index in [1.54, 1.807) is 19.5 Å². The minimum absolute atomic E-state index is 0.0543. The van der Waals surface area contributed by atoms with Crippen LogP contribution in [0.15, 0.2) is 47.5 Å². The highest BCUT2D eigenvalue weighted by atomic mass is 16.5. The molecule has 7 nitrogen and oxygen atoms in total. The largest absolute Gasteiger partial charge is 0.383 e. The van der Waals surface area contributed by atoms with E-state index in [0.29, 0.717) is 35.7 Å². The molecule has 1 aromatic carbocycles. The second kappa shape index (κ2) is 8.61. The minimum atomic E-state index is -0.220. The zero-order valence-corrected chi connectivity index (χ0v) is 16.7. The van der Waals surface area contributed by atoms with Gasteiger partial charge < -0.3 is 14.2 Å². The van der Waals surface area contributed by atoms with Crippen molar-refractivity contribution in [1.82, 2.24) is 19.2 Å². The Morgan fingerprint density at radius 1 is 1.07 bits per heavy atom. The number of pyridine rings is 1. The van der Waals surface area contributed by atoms with Gasteiger partial charge in [0.05, 0.1) is 23.4 Å². The van der Waals surface area contributed by atoms with E-state index in [0.717, 1.165) is 38.8 Å². The summed E-state index contributed by atoms with van der Waals surface area (Å²) >= 11 is 0. The molecule has 1 saturated heterocycles. The number of hydrogen-bond donors (Lipinski definition) is 0. The van der Waals surface area contributed by atoms with Gasteiger partial charge in [-0.3, -0.25) is 9.59 Å². The van der Waals surface area contributed by atoms with E-state index in [9.17, 15) is 9.59 Å². The summed E-state index contributed by atoms with van der Waals surface area (Å²) in [6, 6.07) is 9.29. The van der Waals surface area contributed by atoms with Gasteiger partial charge in [0.1, 0.15) is 5.69 Å². The second-order valence-electron chi connectivity index (χ2n) is 7.42. The summed E-state index contributed by atoms with van der Waals surface area (Å²) in [6.45, 7) is 2.55. The van der Waals surface area contributed by atoms with Gasteiger partial charge in [-0.1, -0.05) is 31.0 Å². The van der Waals surface area contributed by atoms with Crippen molar-refractivity contribution in [3.63, 3.8) is 0 Å². The molecule has 0 aromatic heterocycles. The number of hydrogen-bond acceptors (Lipinski definition) is 4. The van der Waals surface area contributed by atoms with Crippen LogP contribution in [0.2, 0.25) is 0 Å². The fourth-order valence-corrected chi connectivity index (χ4v) is 3.83. The van der Waals surface area contributed by atoms with E-state index in [2.05, 4.69) is 5.10 Å². The van der Waals surface area contributed by atoms with Crippen LogP contribution in [0.25, 0.3) is 16.9 Å². The van der Waals surface area contributed by atoms with E-state index in [-0.39, 0.29) is 11.5 Å². The van der Waals surface area contributed by atoms with Gasteiger partial charge >= 0.3 is 0 Å². The van der Waals surface area contributed by atoms with Crippen molar-refractivity contribution in [2.75, 3.05) is 26.8 Å². The quantitative estimate of drug-likeness (QED) is 0.667. The first-order valence-electron chi connectivity index (χ1n) is 10.2. The van der Waals surface area contributed by atoms with Gasteiger partial charge in [0.15, 0.2) is 0 Å². The average Bonchev–Trinajstić information content (AvgIpc) is 2.93. The average molecular weight is 394 g/mol. The summed E-state index contributed by atoms with van der Waals surface area (Å²) in [5, 5.41) is 4.56. The lowest BCUT2D eigenvalue weighted by Crippen LogP contribution is -2.32. The number of aromatic nitrogens is 3. The summed E-state index contributed by atoms with van der Waals surface area (Å²) in [7, 11) is 1.63. The molecule has 0 saturated carbocycles. The lowest BCUT2D eigenvalue weighted by atomic mass is 10.1. The molecule has 0 spiro atoms. The van der Waals surface area contributed by atoms with E-state index in [1.165, 1.54) is 4.68 Å². The highest BCUT2D eigenvalue weighted by molar-refractivity contribution is 6.00. The van der Waals surface area contributed by atoms with Gasteiger partial charge in [-0.25, -0.2) is 0 Å². The van der Waals surface area contributed by atoms with Gasteiger partial charge in [-0.2, -0.15) is 9.78 Å². The molecule has 7 heteroatoms. The van der Waals surface area contributed by atoms with Crippen LogP contribution in [0.3, 0.4) is 0 Å². The summed E-state index contributed by atoms with van der Waals surface area (Å²) in [4.78, 5) is 28.4. The van der Waals surface area contributed by atoms with Crippen molar-refractivity contribution in [3.8, 4) is 16.9 Å². The molecule has 3 heterocycles. The predicted molar refractivity (Wildman–Crippen MR) is 111 cm³/mol. The molecule has 0 bridgehead atoms. The third kappa shape index (κ3) is 3.96. The van der Waals surface area contributed by atoms with Crippen molar-refractivity contribution >= 4 is 5.91 Å². The van der Waals surface area contributed by atoms with Crippen LogP contribution in [0, 0.1) is 0 Å². The third-order valence-corrected chi connectivity index (χ3v) is 5.40. The Morgan fingerprint density at radius 2 is 1.79 bits per heavy atom. The number of ether oxygens (including phenoxy) is 1. The molecule has 1 aromatic rings. The Hall–Kier alpha value is -2.93. The number of carbonyl (C=O) groups is 1. The van der Waals surface area contributed by atoms with Crippen LogP contribution < -0.4 is 5.56 Å². The number of fused-ring (bicyclic) bond motifs is 1. The van der Waals surface area contributed by atoms with E-state index in [1.807, 2.05) is 39.8 Å². The van der Waals surface area contributed by atoms with E-state index >= 15 is 0 Å². The van der Waals surface area contributed by atoms with Crippen molar-refractivity contribution in [1.29, 1.82) is 0 Å². The fourth-order valence-electron chi connectivity index (χ4n) is 3.83. The van der Waals surface area contributed by atoms with Crippen LogP contribution in [0.1, 0.15) is 36.0 Å². The molecular formula is C22H26N4O3. The summed E-state index contributed by atoms with van der Waals surface area (Å²) in [5.41, 5.74) is 1.85. The molecule has 29 heavy (non-hydrogen) atoms. The first kappa shape index (κ1) is 19.4. The van der Waals surface area contributed by atoms with E-state index in [4.69, 9.17) is 4.74 Å². The SMILES string of the molecule is COCCn1cc(C(=O)N2CCCCCC2)c2nn(-c3ccccc3)c(=O)c-2c1. The second-order valence-corrected chi connectivity index (χ2v) is 7.42. The number of methoxy groups -OCH3 is 1. The van der Waals surface area contributed by atoms with Crippen LogP contribution >= 0.6 is 0 Å². The maximum Gasteiger partial charge on any atom is 0.282 e. The molecule has 152 valence electrons. The molecule has 1 fully saturated rings. The topological polar surface area (TPSA) is 69.4 Å². The molecule has 0 radical (unpaired) electrons. The van der Waals surface area contributed by atoms with Crippen molar-refractivity contribution in [3.05, 3.63) is 58.6 Å². The van der Waals surface area contributed by atoms with Gasteiger partial charge in [0.2, 0.25) is 0 Å². The van der Waals surface area contributed by atoms with Crippen molar-refractivity contribution in [2.24, 2.45) is 0 Å². The molecule has 0 atom stereocenters. The fraction of sp³-hybridized carbons (Fsp3) is 0.409. The summed E-state index contributed by atoms with van der Waals surface area (Å²) < 4.78 is 8.42. The number of likely N-dealkylation sites (tertiary alicyclic amines) is 1. The van der Waals surface area contributed by atoms with Crippen LogP contribution in [0.5, 0.6) is 0 Å². The third-order valence-electron chi connectivity index (χ3n) is 5.40. The van der Waals surface area contributed by atoms with Crippen LogP contribution in [-0.2, 0) is 11.3 Å². The Bertz CT molecular complexity index is 1000. The molecular weight excluding hydrogens is 368 g/mol. The standard InChI is InChI=1S/C22H26N4O3/c1-29-14-13-24-15-18(21(27)25-11-7-2-3-8-12-25)20-19(16-24)22(28)26(23-20)17-9-5-4-6-10-17/h4-6,9-10,15-16H,2-3,7-8,11-14H2,1H3. The van der Waals surface area contributed by atoms with Gasteiger partial charge in [-0.15, -0.1) is 0 Å². The van der Waals surface area contributed by atoms with Crippen LogP contribution in [-0.4, -0.2) is 52.0 Å². The molecule has 0 unspecified atom stereocenters. The number of para-hydroxylation sites is 1. The number of benzene rings is 1. The van der Waals surface area contributed by atoms with Gasteiger partial charge in [-0.05, 0) is 25.0 Å². The zero-order chi connectivity index (χ0) is 20.2. The smallest absolute Gasteiger partial charge is 0.282 e. The summed E-state index contributed by atoms with van der Waals surface area (Å²) in [5.74, 6) is -0.0543. The Labute approximate surface area is 169 Å². The molecule has 0 aliphatic carbocycles. The normalized spacial score (nSPS) is 14.9. The maximum atomic E-state index is 13.4. The number of amides is 1. The summed E-state index contributed by atoms with van der Waals surface area (Å²) in [6.07, 6.45) is 7.89. The first-order valence-corrected chi connectivity index (χ1v) is 10.2. The minimum Gasteiger partial charge on any atom is -0.383 e. The van der Waals surface area contributed by atoms with Gasteiger partial charge in [0, 0.05) is 39.1 Å². The number of nitrogens with zero attached hydrogens (tertiary/aromatic N) is 4.